The minimum absolute atomic E-state index is 0.229. The van der Waals surface area contributed by atoms with Crippen molar-refractivity contribution in [2.75, 3.05) is 0 Å². The Kier molecular flexibility index (Phi) is 3.98. The van der Waals surface area contributed by atoms with E-state index in [1.807, 2.05) is 18.3 Å². The topological polar surface area (TPSA) is 24.9 Å². The van der Waals surface area contributed by atoms with Gasteiger partial charge in [0.1, 0.15) is 0 Å². The molecule has 0 saturated carbocycles. The first-order chi connectivity index (χ1) is 10.2. The van der Waals surface area contributed by atoms with E-state index in [9.17, 15) is 0 Å². The van der Waals surface area contributed by atoms with Crippen molar-refractivity contribution in [3.63, 3.8) is 0 Å². The van der Waals surface area contributed by atoms with E-state index in [2.05, 4.69) is 72.7 Å². The Hall–Kier alpha value is -2.19. The summed E-state index contributed by atoms with van der Waals surface area (Å²) in [6.07, 6.45) is 1.84. The summed E-state index contributed by atoms with van der Waals surface area (Å²) in [6, 6.07) is 21.7. The Labute approximate surface area is 125 Å². The van der Waals surface area contributed by atoms with Gasteiger partial charge < -0.3 is 5.32 Å². The second-order valence-electron chi connectivity index (χ2n) is 5.47. The Morgan fingerprint density at radius 1 is 0.810 bits per heavy atom. The molecule has 0 aliphatic rings. The smallest absolute Gasteiger partial charge is 0.0570 e. The third-order valence-electron chi connectivity index (χ3n) is 3.90. The van der Waals surface area contributed by atoms with Gasteiger partial charge in [-0.25, -0.2) is 0 Å². The van der Waals surface area contributed by atoms with Crippen molar-refractivity contribution < 1.29 is 0 Å². The number of hydrogen-bond donors (Lipinski definition) is 1. The van der Waals surface area contributed by atoms with E-state index in [-0.39, 0.29) is 12.1 Å². The van der Waals surface area contributed by atoms with Crippen LogP contribution < -0.4 is 5.32 Å². The number of nitrogens with one attached hydrogen (secondary N) is 1. The van der Waals surface area contributed by atoms with Gasteiger partial charge in [-0.15, -0.1) is 0 Å². The highest BCUT2D eigenvalue weighted by atomic mass is 15.0. The molecule has 0 saturated heterocycles. The Bertz CT molecular complexity index is 722. The maximum Gasteiger partial charge on any atom is 0.0570 e. The number of aromatic nitrogens is 1. The molecular weight excluding hydrogens is 256 g/mol. The van der Waals surface area contributed by atoms with Crippen LogP contribution >= 0.6 is 0 Å². The minimum Gasteiger partial charge on any atom is -0.302 e. The molecule has 0 radical (unpaired) electrons. The third kappa shape index (κ3) is 3.11. The molecular formula is C19H20N2. The molecule has 0 spiro atoms. The van der Waals surface area contributed by atoms with Gasteiger partial charge in [0.2, 0.25) is 0 Å². The number of benzene rings is 2. The first kappa shape index (κ1) is 13.8. The third-order valence-corrected chi connectivity index (χ3v) is 3.90. The van der Waals surface area contributed by atoms with Crippen LogP contribution in [0.25, 0.3) is 10.8 Å². The van der Waals surface area contributed by atoms with E-state index in [0.717, 1.165) is 5.69 Å². The zero-order chi connectivity index (χ0) is 14.7. The number of pyridine rings is 1. The molecule has 1 unspecified atom stereocenters. The quantitative estimate of drug-likeness (QED) is 0.750. The van der Waals surface area contributed by atoms with E-state index in [1.54, 1.807) is 0 Å². The highest BCUT2D eigenvalue weighted by Gasteiger charge is 2.12. The van der Waals surface area contributed by atoms with Crippen LogP contribution in [0.1, 0.15) is 37.2 Å². The first-order valence-electron chi connectivity index (χ1n) is 7.40. The fourth-order valence-corrected chi connectivity index (χ4v) is 2.67. The van der Waals surface area contributed by atoms with Crippen LogP contribution in [0, 0.1) is 0 Å². The summed E-state index contributed by atoms with van der Waals surface area (Å²) in [5.74, 6) is 0. The molecule has 0 aliphatic heterocycles. The SMILES string of the molecule is CC(N[C@@H](C)c1ccccn1)c1ccc2ccccc2c1. The van der Waals surface area contributed by atoms with Gasteiger partial charge in [-0.2, -0.15) is 0 Å². The van der Waals surface area contributed by atoms with Crippen molar-refractivity contribution in [1.29, 1.82) is 0 Å². The average Bonchev–Trinajstić information content (AvgIpc) is 2.55. The molecule has 2 nitrogen and oxygen atoms in total. The number of nitrogens with zero attached hydrogens (tertiary/aromatic N) is 1. The van der Waals surface area contributed by atoms with E-state index in [4.69, 9.17) is 0 Å². The second kappa shape index (κ2) is 6.06. The Morgan fingerprint density at radius 3 is 2.33 bits per heavy atom. The van der Waals surface area contributed by atoms with Gasteiger partial charge in [-0.05, 0) is 48.4 Å². The van der Waals surface area contributed by atoms with Crippen LogP contribution in [0.15, 0.2) is 66.9 Å². The monoisotopic (exact) mass is 276 g/mol. The molecule has 0 amide bonds. The van der Waals surface area contributed by atoms with Crippen LogP contribution in [-0.2, 0) is 0 Å². The van der Waals surface area contributed by atoms with E-state index >= 15 is 0 Å². The standard InChI is InChI=1S/C19H20N2/c1-14(21-15(2)19-9-5-6-12-20-19)17-11-10-16-7-3-4-8-18(16)13-17/h3-15,21H,1-2H3/t14?,15-/m0/s1. The lowest BCUT2D eigenvalue weighted by atomic mass is 10.0. The fourth-order valence-electron chi connectivity index (χ4n) is 2.67. The lowest BCUT2D eigenvalue weighted by Gasteiger charge is -2.20. The zero-order valence-corrected chi connectivity index (χ0v) is 12.5. The van der Waals surface area contributed by atoms with Crippen molar-refractivity contribution in [3.8, 4) is 0 Å². The van der Waals surface area contributed by atoms with Crippen LogP contribution in [0.4, 0.5) is 0 Å². The number of hydrogen-bond acceptors (Lipinski definition) is 2. The molecule has 1 N–H and O–H groups in total. The van der Waals surface area contributed by atoms with Gasteiger partial charge in [-0.3, -0.25) is 4.98 Å². The molecule has 2 atom stereocenters. The summed E-state index contributed by atoms with van der Waals surface area (Å²) in [5.41, 5.74) is 2.38. The zero-order valence-electron chi connectivity index (χ0n) is 12.5. The van der Waals surface area contributed by atoms with Crippen LogP contribution in [0.2, 0.25) is 0 Å². The van der Waals surface area contributed by atoms with Crippen LogP contribution in [0.3, 0.4) is 0 Å². The second-order valence-corrected chi connectivity index (χ2v) is 5.47. The van der Waals surface area contributed by atoms with Crippen molar-refractivity contribution in [2.45, 2.75) is 25.9 Å². The largest absolute Gasteiger partial charge is 0.302 e. The molecule has 1 aromatic heterocycles. The Morgan fingerprint density at radius 2 is 1.57 bits per heavy atom. The molecule has 2 heteroatoms. The van der Waals surface area contributed by atoms with Crippen molar-refractivity contribution >= 4 is 10.8 Å². The van der Waals surface area contributed by atoms with Gasteiger partial charge >= 0.3 is 0 Å². The molecule has 21 heavy (non-hydrogen) atoms. The first-order valence-corrected chi connectivity index (χ1v) is 7.40. The Balaban J connectivity index is 1.79. The van der Waals surface area contributed by atoms with Gasteiger partial charge in [-0.1, -0.05) is 42.5 Å². The molecule has 3 rings (SSSR count). The highest BCUT2D eigenvalue weighted by molar-refractivity contribution is 5.83. The summed E-state index contributed by atoms with van der Waals surface area (Å²) in [4.78, 5) is 4.41. The number of rotatable bonds is 4. The lowest BCUT2D eigenvalue weighted by Crippen LogP contribution is -2.23. The summed E-state index contributed by atoms with van der Waals surface area (Å²) >= 11 is 0. The van der Waals surface area contributed by atoms with Crippen molar-refractivity contribution in [2.24, 2.45) is 0 Å². The summed E-state index contributed by atoms with van der Waals surface area (Å²) in [5, 5.41) is 6.18. The van der Waals surface area contributed by atoms with Gasteiger partial charge in [0, 0.05) is 18.3 Å². The summed E-state index contributed by atoms with van der Waals surface area (Å²) in [6.45, 7) is 4.35. The minimum atomic E-state index is 0.229. The normalized spacial score (nSPS) is 14.0. The predicted octanol–water partition coefficient (Wildman–Crippen LogP) is 4.65. The molecule has 106 valence electrons. The molecule has 0 aliphatic carbocycles. The molecule has 0 fully saturated rings. The molecule has 3 aromatic rings. The molecule has 2 aromatic carbocycles. The van der Waals surface area contributed by atoms with E-state index in [0.29, 0.717) is 0 Å². The summed E-state index contributed by atoms with van der Waals surface area (Å²) < 4.78 is 0. The lowest BCUT2D eigenvalue weighted by molar-refractivity contribution is 0.486. The van der Waals surface area contributed by atoms with E-state index in [1.165, 1.54) is 16.3 Å². The highest BCUT2D eigenvalue weighted by Crippen LogP contribution is 2.22. The maximum absolute atomic E-state index is 4.41. The van der Waals surface area contributed by atoms with Crippen LogP contribution in [-0.4, -0.2) is 4.98 Å². The average molecular weight is 276 g/mol. The van der Waals surface area contributed by atoms with Crippen molar-refractivity contribution in [3.05, 3.63) is 78.1 Å². The molecule has 1 heterocycles. The van der Waals surface area contributed by atoms with Gasteiger partial charge in [0.05, 0.1) is 5.69 Å². The van der Waals surface area contributed by atoms with Crippen LogP contribution in [0.5, 0.6) is 0 Å². The molecule has 0 bridgehead atoms. The number of fused-ring (bicyclic) bond motifs is 1. The fraction of sp³-hybridized carbons (Fsp3) is 0.211. The van der Waals surface area contributed by atoms with Crippen molar-refractivity contribution in [1.82, 2.24) is 10.3 Å². The van der Waals surface area contributed by atoms with Gasteiger partial charge in [0.15, 0.2) is 0 Å². The maximum atomic E-state index is 4.41. The summed E-state index contributed by atoms with van der Waals surface area (Å²) in [7, 11) is 0. The van der Waals surface area contributed by atoms with E-state index < -0.39 is 0 Å². The predicted molar refractivity (Wildman–Crippen MR) is 88.2 cm³/mol. The van der Waals surface area contributed by atoms with Gasteiger partial charge in [0.25, 0.3) is 0 Å².